The van der Waals surface area contributed by atoms with Gasteiger partial charge in [-0.2, -0.15) is 0 Å². The molecule has 0 unspecified atom stereocenters. The van der Waals surface area contributed by atoms with Crippen molar-refractivity contribution in [3.63, 3.8) is 0 Å². The first kappa shape index (κ1) is 15.9. The molecule has 1 heterocycles. The molecule has 0 saturated carbocycles. The number of anilines is 1. The maximum Gasteiger partial charge on any atom is 0.224 e. The molecule has 3 aromatic rings. The molecule has 0 aliphatic carbocycles. The highest BCUT2D eigenvalue weighted by atomic mass is 19.1. The second-order valence-corrected chi connectivity index (χ2v) is 5.30. The summed E-state index contributed by atoms with van der Waals surface area (Å²) in [5.41, 5.74) is 0.924. The Hall–Kier alpha value is -2.95. The number of carbonyl (C=O) groups is 1. The number of rotatable bonds is 5. The fourth-order valence-corrected chi connectivity index (χ4v) is 2.31. The second-order valence-electron chi connectivity index (χ2n) is 5.30. The van der Waals surface area contributed by atoms with Crippen molar-refractivity contribution < 1.29 is 18.0 Å². The van der Waals surface area contributed by atoms with E-state index in [2.05, 4.69) is 5.32 Å². The lowest BCUT2D eigenvalue weighted by atomic mass is 10.2. The Morgan fingerprint density at radius 3 is 2.54 bits per heavy atom. The van der Waals surface area contributed by atoms with E-state index in [1.54, 1.807) is 0 Å². The Labute approximate surface area is 137 Å². The minimum atomic E-state index is -0.798. The zero-order valence-electron chi connectivity index (χ0n) is 12.8. The molecule has 0 saturated heterocycles. The first-order valence-electron chi connectivity index (χ1n) is 7.51. The van der Waals surface area contributed by atoms with E-state index >= 15 is 0 Å². The van der Waals surface area contributed by atoms with Crippen LogP contribution in [0.5, 0.6) is 0 Å². The quantitative estimate of drug-likeness (QED) is 0.731. The van der Waals surface area contributed by atoms with Gasteiger partial charge in [-0.1, -0.05) is 30.3 Å². The molecule has 1 N–H and O–H groups in total. The van der Waals surface area contributed by atoms with Gasteiger partial charge in [-0.05, 0) is 24.3 Å². The smallest absolute Gasteiger partial charge is 0.224 e. The average Bonchev–Trinajstić information content (AvgIpc) is 3.05. The molecule has 1 amide bonds. The Kier molecular flexibility index (Phi) is 4.70. The molecule has 3 nitrogen and oxygen atoms in total. The summed E-state index contributed by atoms with van der Waals surface area (Å²) in [6, 6.07) is 16.3. The molecule has 0 radical (unpaired) electrons. The third kappa shape index (κ3) is 3.87. The number of aryl methyl sites for hydroxylation is 1. The Balaban J connectivity index is 1.58. The van der Waals surface area contributed by atoms with Crippen LogP contribution in [-0.4, -0.2) is 5.91 Å². The highest BCUT2D eigenvalue weighted by Gasteiger charge is 2.10. The van der Waals surface area contributed by atoms with E-state index < -0.39 is 11.6 Å². The molecule has 0 atom stereocenters. The molecule has 5 heteroatoms. The molecule has 24 heavy (non-hydrogen) atoms. The summed E-state index contributed by atoms with van der Waals surface area (Å²) in [7, 11) is 0. The lowest BCUT2D eigenvalue weighted by Gasteiger charge is -2.05. The maximum atomic E-state index is 13.5. The normalized spacial score (nSPS) is 10.6. The standard InChI is InChI=1S/C19H15F2NO2/c20-14-6-9-17(16(21)12-14)22-19(23)11-8-15-7-10-18(24-15)13-4-2-1-3-5-13/h1-7,9-10,12H,8,11H2,(H,22,23). The van der Waals surface area contributed by atoms with E-state index in [9.17, 15) is 13.6 Å². The van der Waals surface area contributed by atoms with Gasteiger partial charge in [0.1, 0.15) is 23.2 Å². The van der Waals surface area contributed by atoms with Crippen LogP contribution in [0, 0.1) is 11.6 Å². The molecule has 0 bridgehead atoms. The highest BCUT2D eigenvalue weighted by molar-refractivity contribution is 5.90. The van der Waals surface area contributed by atoms with Crippen LogP contribution in [0.4, 0.5) is 14.5 Å². The van der Waals surface area contributed by atoms with Crippen LogP contribution in [0.1, 0.15) is 12.2 Å². The minimum Gasteiger partial charge on any atom is -0.461 e. The van der Waals surface area contributed by atoms with E-state index in [0.717, 1.165) is 23.5 Å². The number of nitrogens with one attached hydrogen (secondary N) is 1. The first-order chi connectivity index (χ1) is 11.6. The summed E-state index contributed by atoms with van der Waals surface area (Å²) in [4.78, 5) is 11.9. The third-order valence-corrected chi connectivity index (χ3v) is 3.52. The van der Waals surface area contributed by atoms with Crippen LogP contribution >= 0.6 is 0 Å². The largest absolute Gasteiger partial charge is 0.461 e. The summed E-state index contributed by atoms with van der Waals surface area (Å²) in [5.74, 6) is -0.445. The zero-order chi connectivity index (χ0) is 16.9. The van der Waals surface area contributed by atoms with Gasteiger partial charge in [-0.15, -0.1) is 0 Å². The molecular formula is C19H15F2NO2. The molecule has 0 spiro atoms. The SMILES string of the molecule is O=C(CCc1ccc(-c2ccccc2)o1)Nc1ccc(F)cc1F. The van der Waals surface area contributed by atoms with Crippen molar-refractivity contribution in [1.82, 2.24) is 0 Å². The molecule has 122 valence electrons. The van der Waals surface area contributed by atoms with E-state index in [1.165, 1.54) is 6.07 Å². The predicted octanol–water partition coefficient (Wildman–Crippen LogP) is 4.80. The van der Waals surface area contributed by atoms with E-state index in [1.807, 2.05) is 42.5 Å². The zero-order valence-corrected chi connectivity index (χ0v) is 12.8. The van der Waals surface area contributed by atoms with Gasteiger partial charge in [0.25, 0.3) is 0 Å². The molecule has 0 aliphatic heterocycles. The Bertz CT molecular complexity index is 844. The summed E-state index contributed by atoms with van der Waals surface area (Å²) >= 11 is 0. The topological polar surface area (TPSA) is 42.2 Å². The number of carbonyl (C=O) groups excluding carboxylic acids is 1. The predicted molar refractivity (Wildman–Crippen MR) is 87.5 cm³/mol. The van der Waals surface area contributed by atoms with Gasteiger partial charge in [0.2, 0.25) is 5.91 Å². The summed E-state index contributed by atoms with van der Waals surface area (Å²) in [5, 5.41) is 2.42. The Morgan fingerprint density at radius 2 is 1.79 bits per heavy atom. The van der Waals surface area contributed by atoms with Crippen molar-refractivity contribution in [3.8, 4) is 11.3 Å². The van der Waals surface area contributed by atoms with Gasteiger partial charge in [0.05, 0.1) is 5.69 Å². The number of hydrogen-bond acceptors (Lipinski definition) is 2. The highest BCUT2D eigenvalue weighted by Crippen LogP contribution is 2.22. The maximum absolute atomic E-state index is 13.5. The van der Waals surface area contributed by atoms with Crippen molar-refractivity contribution in [2.75, 3.05) is 5.32 Å². The lowest BCUT2D eigenvalue weighted by molar-refractivity contribution is -0.116. The molecule has 3 rings (SSSR count). The number of amides is 1. The second kappa shape index (κ2) is 7.08. The fraction of sp³-hybridized carbons (Fsp3) is 0.105. The van der Waals surface area contributed by atoms with Crippen molar-refractivity contribution >= 4 is 11.6 Å². The van der Waals surface area contributed by atoms with Crippen LogP contribution < -0.4 is 5.32 Å². The van der Waals surface area contributed by atoms with Crippen LogP contribution in [0.15, 0.2) is 65.1 Å². The van der Waals surface area contributed by atoms with Crippen LogP contribution in [0.3, 0.4) is 0 Å². The van der Waals surface area contributed by atoms with Crippen molar-refractivity contribution in [1.29, 1.82) is 0 Å². The fourth-order valence-electron chi connectivity index (χ4n) is 2.31. The molecule has 1 aromatic heterocycles. The van der Waals surface area contributed by atoms with Gasteiger partial charge in [0.15, 0.2) is 0 Å². The van der Waals surface area contributed by atoms with Gasteiger partial charge < -0.3 is 9.73 Å². The summed E-state index contributed by atoms with van der Waals surface area (Å²) in [6.07, 6.45) is 0.528. The van der Waals surface area contributed by atoms with Crippen molar-refractivity contribution in [3.05, 3.63) is 78.1 Å². The number of halogens is 2. The first-order valence-corrected chi connectivity index (χ1v) is 7.51. The van der Waals surface area contributed by atoms with Crippen LogP contribution in [0.25, 0.3) is 11.3 Å². The third-order valence-electron chi connectivity index (χ3n) is 3.52. The molecule has 0 aliphatic rings. The van der Waals surface area contributed by atoms with E-state index in [4.69, 9.17) is 4.42 Å². The van der Waals surface area contributed by atoms with Crippen molar-refractivity contribution in [2.24, 2.45) is 0 Å². The van der Waals surface area contributed by atoms with Crippen molar-refractivity contribution in [2.45, 2.75) is 12.8 Å². The van der Waals surface area contributed by atoms with Gasteiger partial charge in [-0.3, -0.25) is 4.79 Å². The molecule has 0 fully saturated rings. The summed E-state index contributed by atoms with van der Waals surface area (Å²) < 4.78 is 32.0. The lowest BCUT2D eigenvalue weighted by Crippen LogP contribution is -2.13. The van der Waals surface area contributed by atoms with Gasteiger partial charge in [0, 0.05) is 24.5 Å². The number of furan rings is 1. The van der Waals surface area contributed by atoms with E-state index in [-0.39, 0.29) is 18.0 Å². The van der Waals surface area contributed by atoms with E-state index in [0.29, 0.717) is 12.2 Å². The van der Waals surface area contributed by atoms with Gasteiger partial charge >= 0.3 is 0 Å². The van der Waals surface area contributed by atoms with Crippen LogP contribution in [-0.2, 0) is 11.2 Å². The number of benzene rings is 2. The minimum absolute atomic E-state index is 0.0363. The van der Waals surface area contributed by atoms with Crippen LogP contribution in [0.2, 0.25) is 0 Å². The Morgan fingerprint density at radius 1 is 1.00 bits per heavy atom. The molecule has 2 aromatic carbocycles. The number of hydrogen-bond donors (Lipinski definition) is 1. The molecular weight excluding hydrogens is 312 g/mol. The summed E-state index contributed by atoms with van der Waals surface area (Å²) in [6.45, 7) is 0. The average molecular weight is 327 g/mol. The van der Waals surface area contributed by atoms with Gasteiger partial charge in [-0.25, -0.2) is 8.78 Å². The monoisotopic (exact) mass is 327 g/mol.